The summed E-state index contributed by atoms with van der Waals surface area (Å²) in [6, 6.07) is 6.99. The predicted octanol–water partition coefficient (Wildman–Crippen LogP) is 3.24. The molecule has 0 amide bonds. The van der Waals surface area contributed by atoms with Crippen molar-refractivity contribution in [3.8, 4) is 0 Å². The first kappa shape index (κ1) is 13.1. The Labute approximate surface area is 112 Å². The summed E-state index contributed by atoms with van der Waals surface area (Å²) in [5.74, 6) is 0. The highest BCUT2D eigenvalue weighted by Crippen LogP contribution is 2.32. The lowest BCUT2D eigenvalue weighted by Gasteiger charge is -2.29. The number of nitrogens with zero attached hydrogens (tertiary/aromatic N) is 1. The average molecular weight is 297 g/mol. The number of halogens is 1. The van der Waals surface area contributed by atoms with Crippen molar-refractivity contribution in [2.45, 2.75) is 32.2 Å². The summed E-state index contributed by atoms with van der Waals surface area (Å²) in [4.78, 5) is 2.58. The molecule has 1 fully saturated rings. The van der Waals surface area contributed by atoms with Crippen LogP contribution in [0.1, 0.15) is 36.4 Å². The zero-order chi connectivity index (χ0) is 12.3. The van der Waals surface area contributed by atoms with Gasteiger partial charge in [0.25, 0.3) is 0 Å². The van der Waals surface area contributed by atoms with Crippen LogP contribution in [0.25, 0.3) is 0 Å². The summed E-state index contributed by atoms with van der Waals surface area (Å²) in [6.45, 7) is 5.39. The van der Waals surface area contributed by atoms with Crippen LogP contribution in [0.3, 0.4) is 0 Å². The summed E-state index contributed by atoms with van der Waals surface area (Å²) in [5.41, 5.74) is 8.58. The fourth-order valence-electron chi connectivity index (χ4n) is 2.73. The van der Waals surface area contributed by atoms with Gasteiger partial charge in [0, 0.05) is 10.5 Å². The van der Waals surface area contributed by atoms with Crippen LogP contribution in [0.15, 0.2) is 22.7 Å². The van der Waals surface area contributed by atoms with Crippen molar-refractivity contribution in [3.05, 3.63) is 33.8 Å². The Morgan fingerprint density at radius 1 is 1.35 bits per heavy atom. The van der Waals surface area contributed by atoms with Crippen LogP contribution >= 0.6 is 15.9 Å². The second-order valence-electron chi connectivity index (χ2n) is 4.79. The minimum Gasteiger partial charge on any atom is -0.330 e. The molecular weight excluding hydrogens is 276 g/mol. The zero-order valence-corrected chi connectivity index (χ0v) is 12.0. The molecule has 2 rings (SSSR count). The van der Waals surface area contributed by atoms with Gasteiger partial charge < -0.3 is 5.73 Å². The van der Waals surface area contributed by atoms with Crippen molar-refractivity contribution in [2.24, 2.45) is 5.73 Å². The molecule has 1 heterocycles. The Balaban J connectivity index is 2.27. The van der Waals surface area contributed by atoms with Crippen molar-refractivity contribution in [1.29, 1.82) is 0 Å². The van der Waals surface area contributed by atoms with Gasteiger partial charge in [0.05, 0.1) is 0 Å². The van der Waals surface area contributed by atoms with E-state index in [9.17, 15) is 0 Å². The Kier molecular flexibility index (Phi) is 4.60. The van der Waals surface area contributed by atoms with Crippen LogP contribution in [0.5, 0.6) is 0 Å². The van der Waals surface area contributed by atoms with Crippen LogP contribution in [-0.2, 0) is 0 Å². The number of benzene rings is 1. The molecule has 1 aliphatic rings. The average Bonchev–Trinajstić information content (AvgIpc) is 2.84. The first-order valence-electron chi connectivity index (χ1n) is 6.43. The molecule has 2 N–H and O–H groups in total. The lowest BCUT2D eigenvalue weighted by Crippen LogP contribution is -2.28. The van der Waals surface area contributed by atoms with E-state index in [2.05, 4.69) is 46.0 Å². The summed E-state index contributed by atoms with van der Waals surface area (Å²) >= 11 is 3.62. The third-order valence-corrected chi connectivity index (χ3v) is 4.55. The highest BCUT2D eigenvalue weighted by Gasteiger charge is 2.24. The molecule has 1 atom stereocenters. The molecule has 3 heteroatoms. The van der Waals surface area contributed by atoms with Gasteiger partial charge >= 0.3 is 0 Å². The summed E-state index contributed by atoms with van der Waals surface area (Å²) in [6.07, 6.45) is 3.71. The molecule has 94 valence electrons. The largest absolute Gasteiger partial charge is 0.330 e. The number of nitrogens with two attached hydrogens (primary N) is 1. The van der Waals surface area contributed by atoms with Gasteiger partial charge in [0.2, 0.25) is 0 Å². The quantitative estimate of drug-likeness (QED) is 0.924. The van der Waals surface area contributed by atoms with Crippen molar-refractivity contribution in [1.82, 2.24) is 4.90 Å². The van der Waals surface area contributed by atoms with Gasteiger partial charge in [-0.1, -0.05) is 28.1 Å². The van der Waals surface area contributed by atoms with Crippen LogP contribution in [0, 0.1) is 6.92 Å². The van der Waals surface area contributed by atoms with Gasteiger partial charge in [-0.3, -0.25) is 4.90 Å². The first-order valence-corrected chi connectivity index (χ1v) is 7.22. The molecule has 1 saturated heterocycles. The molecule has 1 aromatic carbocycles. The first-order chi connectivity index (χ1) is 8.24. The monoisotopic (exact) mass is 296 g/mol. The van der Waals surface area contributed by atoms with E-state index in [0.717, 1.165) is 13.0 Å². The molecule has 0 saturated carbocycles. The topological polar surface area (TPSA) is 29.3 Å². The minimum absolute atomic E-state index is 0.500. The number of rotatable bonds is 4. The molecule has 0 spiro atoms. The SMILES string of the molecule is Cc1c(Br)cccc1C(CCN)N1CCCC1. The molecule has 1 aliphatic heterocycles. The van der Waals surface area contributed by atoms with E-state index in [1.807, 2.05) is 0 Å². The Morgan fingerprint density at radius 3 is 2.71 bits per heavy atom. The maximum atomic E-state index is 5.78. The molecule has 2 nitrogen and oxygen atoms in total. The van der Waals surface area contributed by atoms with Crippen molar-refractivity contribution in [2.75, 3.05) is 19.6 Å². The van der Waals surface area contributed by atoms with E-state index in [0.29, 0.717) is 6.04 Å². The lowest BCUT2D eigenvalue weighted by atomic mass is 9.97. The summed E-state index contributed by atoms with van der Waals surface area (Å²) in [7, 11) is 0. The van der Waals surface area contributed by atoms with E-state index in [1.54, 1.807) is 0 Å². The van der Waals surface area contributed by atoms with E-state index in [4.69, 9.17) is 5.73 Å². The minimum atomic E-state index is 0.500. The molecular formula is C14H21BrN2. The fraction of sp³-hybridized carbons (Fsp3) is 0.571. The number of hydrogen-bond acceptors (Lipinski definition) is 2. The number of likely N-dealkylation sites (tertiary alicyclic amines) is 1. The highest BCUT2D eigenvalue weighted by atomic mass is 79.9. The smallest absolute Gasteiger partial charge is 0.0363 e. The summed E-state index contributed by atoms with van der Waals surface area (Å²) < 4.78 is 1.20. The highest BCUT2D eigenvalue weighted by molar-refractivity contribution is 9.10. The van der Waals surface area contributed by atoms with Gasteiger partial charge in [0.15, 0.2) is 0 Å². The Bertz CT molecular complexity index is 372. The number of hydrogen-bond donors (Lipinski definition) is 1. The Morgan fingerprint density at radius 2 is 2.06 bits per heavy atom. The predicted molar refractivity (Wildman–Crippen MR) is 76.1 cm³/mol. The molecule has 1 unspecified atom stereocenters. The third-order valence-electron chi connectivity index (χ3n) is 3.69. The van der Waals surface area contributed by atoms with Crippen molar-refractivity contribution < 1.29 is 0 Å². The Hall–Kier alpha value is -0.380. The maximum absolute atomic E-state index is 5.78. The fourth-order valence-corrected chi connectivity index (χ4v) is 3.11. The lowest BCUT2D eigenvalue weighted by molar-refractivity contribution is 0.235. The molecule has 17 heavy (non-hydrogen) atoms. The molecule has 0 radical (unpaired) electrons. The van der Waals surface area contributed by atoms with Crippen molar-refractivity contribution in [3.63, 3.8) is 0 Å². The van der Waals surface area contributed by atoms with Crippen LogP contribution < -0.4 is 5.73 Å². The second-order valence-corrected chi connectivity index (χ2v) is 5.64. The van der Waals surface area contributed by atoms with Crippen LogP contribution in [0.2, 0.25) is 0 Å². The van der Waals surface area contributed by atoms with Gasteiger partial charge in [0.1, 0.15) is 0 Å². The van der Waals surface area contributed by atoms with E-state index >= 15 is 0 Å². The van der Waals surface area contributed by atoms with Crippen molar-refractivity contribution >= 4 is 15.9 Å². The third kappa shape index (κ3) is 2.90. The maximum Gasteiger partial charge on any atom is 0.0363 e. The van der Waals surface area contributed by atoms with E-state index in [1.165, 1.54) is 41.5 Å². The zero-order valence-electron chi connectivity index (χ0n) is 10.5. The summed E-state index contributed by atoms with van der Waals surface area (Å²) in [5, 5.41) is 0. The van der Waals surface area contributed by atoms with Gasteiger partial charge in [-0.2, -0.15) is 0 Å². The van der Waals surface area contributed by atoms with Crippen LogP contribution in [0.4, 0.5) is 0 Å². The molecule has 1 aromatic rings. The van der Waals surface area contributed by atoms with Gasteiger partial charge in [-0.25, -0.2) is 0 Å². The molecule has 0 aliphatic carbocycles. The molecule has 0 aromatic heterocycles. The van der Waals surface area contributed by atoms with Crippen LogP contribution in [-0.4, -0.2) is 24.5 Å². The normalized spacial score (nSPS) is 18.5. The second kappa shape index (κ2) is 5.98. The van der Waals surface area contributed by atoms with Gasteiger partial charge in [-0.05, 0) is 63.0 Å². The molecule has 0 bridgehead atoms. The van der Waals surface area contributed by atoms with E-state index < -0.39 is 0 Å². The standard InChI is InChI=1S/C14H21BrN2/c1-11-12(5-4-6-13(11)15)14(7-8-16)17-9-2-3-10-17/h4-6,14H,2-3,7-10,16H2,1H3. The van der Waals surface area contributed by atoms with Gasteiger partial charge in [-0.15, -0.1) is 0 Å². The van der Waals surface area contributed by atoms with E-state index in [-0.39, 0.29) is 0 Å².